The molecule has 0 radical (unpaired) electrons. The molecule has 6 heteroatoms. The number of aliphatic carboxylic acids is 1. The van der Waals surface area contributed by atoms with Crippen LogP contribution in [0.5, 0.6) is 0 Å². The standard InChI is InChI=1S/C14H20N4O2/c1-2-6-18(7-5-14(19)20)10-3-4-11-12(8-10)17-13(9-15)16-11/h3-4,8H,2,5-7,9,15H2,1H3,(H,16,17)(H,19,20). The van der Waals surface area contributed by atoms with Gasteiger partial charge in [-0.25, -0.2) is 4.98 Å². The quantitative estimate of drug-likeness (QED) is 0.715. The van der Waals surface area contributed by atoms with Crippen molar-refractivity contribution in [3.63, 3.8) is 0 Å². The van der Waals surface area contributed by atoms with Crippen LogP contribution in [0, 0.1) is 0 Å². The van der Waals surface area contributed by atoms with Crippen molar-refractivity contribution >= 4 is 22.7 Å². The van der Waals surface area contributed by atoms with Crippen LogP contribution in [0.15, 0.2) is 18.2 Å². The van der Waals surface area contributed by atoms with Crippen LogP contribution in [-0.2, 0) is 11.3 Å². The number of carboxylic acids is 1. The zero-order chi connectivity index (χ0) is 14.5. The second kappa shape index (κ2) is 6.38. The number of fused-ring (bicyclic) bond motifs is 1. The number of anilines is 1. The summed E-state index contributed by atoms with van der Waals surface area (Å²) in [5.74, 6) is -0.0242. The third kappa shape index (κ3) is 3.27. The number of aromatic nitrogens is 2. The number of carbonyl (C=O) groups is 1. The van der Waals surface area contributed by atoms with E-state index in [0.717, 1.165) is 35.5 Å². The number of hydrogen-bond acceptors (Lipinski definition) is 4. The number of nitrogens with two attached hydrogens (primary N) is 1. The van der Waals surface area contributed by atoms with Crippen LogP contribution in [0.3, 0.4) is 0 Å². The first kappa shape index (κ1) is 14.3. The van der Waals surface area contributed by atoms with Gasteiger partial charge >= 0.3 is 5.97 Å². The van der Waals surface area contributed by atoms with Crippen LogP contribution in [0.2, 0.25) is 0 Å². The molecular weight excluding hydrogens is 256 g/mol. The first-order valence-corrected chi connectivity index (χ1v) is 6.79. The van der Waals surface area contributed by atoms with E-state index in [-0.39, 0.29) is 6.42 Å². The molecule has 0 aliphatic carbocycles. The minimum atomic E-state index is -0.779. The Hall–Kier alpha value is -2.08. The molecule has 4 N–H and O–H groups in total. The van der Waals surface area contributed by atoms with E-state index >= 15 is 0 Å². The van der Waals surface area contributed by atoms with Crippen molar-refractivity contribution in [1.29, 1.82) is 0 Å². The minimum absolute atomic E-state index is 0.134. The van der Waals surface area contributed by atoms with Gasteiger partial charge in [0.25, 0.3) is 0 Å². The molecule has 2 aromatic rings. The minimum Gasteiger partial charge on any atom is -0.481 e. The van der Waals surface area contributed by atoms with Crippen LogP contribution in [-0.4, -0.2) is 34.1 Å². The van der Waals surface area contributed by atoms with Crippen molar-refractivity contribution in [2.45, 2.75) is 26.3 Å². The van der Waals surface area contributed by atoms with E-state index in [2.05, 4.69) is 21.8 Å². The lowest BCUT2D eigenvalue weighted by molar-refractivity contribution is -0.136. The summed E-state index contributed by atoms with van der Waals surface area (Å²) in [5, 5.41) is 8.83. The molecule has 1 aromatic carbocycles. The summed E-state index contributed by atoms with van der Waals surface area (Å²) in [6.07, 6.45) is 1.10. The van der Waals surface area contributed by atoms with E-state index in [1.54, 1.807) is 0 Å². The molecule has 0 atom stereocenters. The van der Waals surface area contributed by atoms with E-state index in [9.17, 15) is 4.79 Å². The Morgan fingerprint density at radius 2 is 2.25 bits per heavy atom. The number of carboxylic acid groups (broad SMARTS) is 1. The molecule has 0 spiro atoms. The average Bonchev–Trinajstić information content (AvgIpc) is 2.85. The SMILES string of the molecule is CCCN(CCC(=O)O)c1ccc2nc(CN)[nH]c2c1. The lowest BCUT2D eigenvalue weighted by Gasteiger charge is -2.23. The zero-order valence-corrected chi connectivity index (χ0v) is 11.6. The Morgan fingerprint density at radius 1 is 1.45 bits per heavy atom. The Balaban J connectivity index is 2.24. The molecule has 1 aromatic heterocycles. The smallest absolute Gasteiger partial charge is 0.305 e. The molecule has 0 amide bonds. The maximum Gasteiger partial charge on any atom is 0.305 e. The number of rotatable bonds is 7. The van der Waals surface area contributed by atoms with E-state index in [4.69, 9.17) is 10.8 Å². The predicted octanol–water partition coefficient (Wildman–Crippen LogP) is 1.71. The number of aromatic amines is 1. The third-order valence-electron chi connectivity index (χ3n) is 3.16. The third-order valence-corrected chi connectivity index (χ3v) is 3.16. The summed E-state index contributed by atoms with van der Waals surface area (Å²) < 4.78 is 0. The van der Waals surface area contributed by atoms with Gasteiger partial charge in [0.2, 0.25) is 0 Å². The van der Waals surface area contributed by atoms with Crippen molar-refractivity contribution in [3.8, 4) is 0 Å². The number of hydrogen-bond donors (Lipinski definition) is 3. The summed E-state index contributed by atoms with van der Waals surface area (Å²) in [5.41, 5.74) is 8.39. The monoisotopic (exact) mass is 276 g/mol. The molecule has 0 saturated carbocycles. The maximum absolute atomic E-state index is 10.7. The van der Waals surface area contributed by atoms with Crippen LogP contribution in [0.4, 0.5) is 5.69 Å². The Kier molecular flexibility index (Phi) is 4.57. The second-order valence-corrected chi connectivity index (χ2v) is 4.72. The fraction of sp³-hybridized carbons (Fsp3) is 0.429. The lowest BCUT2D eigenvalue weighted by atomic mass is 10.2. The fourth-order valence-electron chi connectivity index (χ4n) is 2.21. The number of imidazole rings is 1. The molecule has 0 aliphatic rings. The van der Waals surface area contributed by atoms with E-state index in [1.807, 2.05) is 18.2 Å². The summed E-state index contributed by atoms with van der Waals surface area (Å²) in [6.45, 7) is 3.79. The van der Waals surface area contributed by atoms with Gasteiger partial charge < -0.3 is 20.7 Å². The van der Waals surface area contributed by atoms with Crippen LogP contribution >= 0.6 is 0 Å². The molecule has 1 heterocycles. The molecule has 2 rings (SSSR count). The van der Waals surface area contributed by atoms with Gasteiger partial charge in [-0.05, 0) is 24.6 Å². The summed E-state index contributed by atoms with van der Waals surface area (Å²) in [6, 6.07) is 5.91. The number of nitrogens with one attached hydrogen (secondary N) is 1. The molecular formula is C14H20N4O2. The Labute approximate surface area is 117 Å². The second-order valence-electron chi connectivity index (χ2n) is 4.72. The van der Waals surface area contributed by atoms with Gasteiger partial charge in [-0.3, -0.25) is 4.79 Å². The Bertz CT molecular complexity index is 594. The molecule has 108 valence electrons. The van der Waals surface area contributed by atoms with E-state index < -0.39 is 5.97 Å². The van der Waals surface area contributed by atoms with Gasteiger partial charge in [0, 0.05) is 18.8 Å². The van der Waals surface area contributed by atoms with Crippen molar-refractivity contribution in [2.75, 3.05) is 18.0 Å². The Morgan fingerprint density at radius 3 is 2.90 bits per heavy atom. The topological polar surface area (TPSA) is 95.2 Å². The molecule has 0 aliphatic heterocycles. The molecule has 0 saturated heterocycles. The van der Waals surface area contributed by atoms with Gasteiger partial charge in [0.15, 0.2) is 0 Å². The van der Waals surface area contributed by atoms with Crippen molar-refractivity contribution < 1.29 is 9.90 Å². The lowest BCUT2D eigenvalue weighted by Crippen LogP contribution is -2.26. The van der Waals surface area contributed by atoms with Gasteiger partial charge in [0.05, 0.1) is 24.0 Å². The predicted molar refractivity (Wildman–Crippen MR) is 78.7 cm³/mol. The highest BCUT2D eigenvalue weighted by Gasteiger charge is 2.10. The highest BCUT2D eigenvalue weighted by atomic mass is 16.4. The maximum atomic E-state index is 10.7. The summed E-state index contributed by atoms with van der Waals surface area (Å²) in [7, 11) is 0. The molecule has 6 nitrogen and oxygen atoms in total. The first-order valence-electron chi connectivity index (χ1n) is 6.79. The zero-order valence-electron chi connectivity index (χ0n) is 11.6. The van der Waals surface area contributed by atoms with Gasteiger partial charge in [-0.15, -0.1) is 0 Å². The molecule has 20 heavy (non-hydrogen) atoms. The summed E-state index contributed by atoms with van der Waals surface area (Å²) >= 11 is 0. The van der Waals surface area contributed by atoms with Gasteiger partial charge in [-0.1, -0.05) is 6.92 Å². The number of H-pyrrole nitrogens is 1. The van der Waals surface area contributed by atoms with Crippen LogP contribution in [0.1, 0.15) is 25.6 Å². The number of nitrogens with zero attached hydrogens (tertiary/aromatic N) is 2. The number of benzene rings is 1. The molecule has 0 unspecified atom stereocenters. The highest BCUT2D eigenvalue weighted by molar-refractivity contribution is 5.80. The highest BCUT2D eigenvalue weighted by Crippen LogP contribution is 2.21. The van der Waals surface area contributed by atoms with Crippen LogP contribution in [0.25, 0.3) is 11.0 Å². The van der Waals surface area contributed by atoms with Crippen LogP contribution < -0.4 is 10.6 Å². The molecule has 0 fully saturated rings. The fourth-order valence-corrected chi connectivity index (χ4v) is 2.21. The summed E-state index contributed by atoms with van der Waals surface area (Å²) in [4.78, 5) is 20.3. The normalized spacial score (nSPS) is 10.9. The van der Waals surface area contributed by atoms with Crippen molar-refractivity contribution in [2.24, 2.45) is 5.73 Å². The molecule has 0 bridgehead atoms. The largest absolute Gasteiger partial charge is 0.481 e. The van der Waals surface area contributed by atoms with Crippen molar-refractivity contribution in [1.82, 2.24) is 9.97 Å². The average molecular weight is 276 g/mol. The van der Waals surface area contributed by atoms with Crippen molar-refractivity contribution in [3.05, 3.63) is 24.0 Å². The van der Waals surface area contributed by atoms with E-state index in [1.165, 1.54) is 0 Å². The first-order chi connectivity index (χ1) is 9.63. The van der Waals surface area contributed by atoms with E-state index in [0.29, 0.717) is 13.1 Å². The van der Waals surface area contributed by atoms with Gasteiger partial charge in [0.1, 0.15) is 5.82 Å². The van der Waals surface area contributed by atoms with Gasteiger partial charge in [-0.2, -0.15) is 0 Å².